The van der Waals surface area contributed by atoms with Crippen molar-refractivity contribution in [1.29, 1.82) is 0 Å². The van der Waals surface area contributed by atoms with Crippen molar-refractivity contribution in [2.75, 3.05) is 21.1 Å². The van der Waals surface area contributed by atoms with Crippen LogP contribution in [0.1, 0.15) is 12.5 Å². The molecule has 0 atom stereocenters. The van der Waals surface area contributed by atoms with E-state index in [0.29, 0.717) is 17.5 Å². The summed E-state index contributed by atoms with van der Waals surface area (Å²) < 4.78 is 0. The summed E-state index contributed by atoms with van der Waals surface area (Å²) in [6.45, 7) is 2.12. The Morgan fingerprint density at radius 2 is 2.10 bits per heavy atom. The summed E-state index contributed by atoms with van der Waals surface area (Å²) in [5.74, 6) is 0.623. The fourth-order valence-electron chi connectivity index (χ4n) is 1.35. The van der Waals surface area contributed by atoms with Gasteiger partial charge in [-0.15, -0.1) is 0 Å². The summed E-state index contributed by atoms with van der Waals surface area (Å²) >= 11 is 5.72. The van der Waals surface area contributed by atoms with Crippen molar-refractivity contribution < 1.29 is 5.03 Å². The van der Waals surface area contributed by atoms with E-state index < -0.39 is 5.03 Å². The zero-order chi connectivity index (χ0) is 16.0. The van der Waals surface area contributed by atoms with Crippen LogP contribution in [0.2, 0.25) is 5.15 Å². The second-order valence-corrected chi connectivity index (χ2v) is 4.92. The first-order chi connectivity index (χ1) is 9.79. The van der Waals surface area contributed by atoms with Crippen LogP contribution < -0.4 is 0 Å². The number of rotatable bonds is 3. The maximum Gasteiger partial charge on any atom is 0.299 e. The van der Waals surface area contributed by atoms with Gasteiger partial charge in [0.1, 0.15) is 16.1 Å². The van der Waals surface area contributed by atoms with Crippen LogP contribution in [0.4, 0.5) is 0 Å². The molecule has 0 aliphatic rings. The maximum atomic E-state index is 10.6. The van der Waals surface area contributed by atoms with Gasteiger partial charge in [0.15, 0.2) is 5.03 Å². The predicted octanol–water partition coefficient (Wildman–Crippen LogP) is 1.69. The number of amidine groups is 1. The third-order valence-electron chi connectivity index (χ3n) is 2.63. The van der Waals surface area contributed by atoms with Crippen LogP contribution >= 0.6 is 11.6 Å². The lowest BCUT2D eigenvalue weighted by Gasteiger charge is -2.18. The number of pyridine rings is 1. The van der Waals surface area contributed by atoms with Crippen molar-refractivity contribution in [2.24, 2.45) is 10.1 Å². The van der Waals surface area contributed by atoms with Crippen LogP contribution in [0.5, 0.6) is 0 Å². The molecule has 0 radical (unpaired) electrons. The van der Waals surface area contributed by atoms with Gasteiger partial charge in [-0.3, -0.25) is 0 Å². The third kappa shape index (κ3) is 5.74. The largest absolute Gasteiger partial charge is 0.366 e. The number of guanidine groups is 1. The Kier molecular flexibility index (Phi) is 6.04. The molecule has 0 saturated heterocycles. The average molecular weight is 313 g/mol. The standard InChI is InChI=1S/C12H17ClN6O2/c1-9(17(2)3)15-12(16-19(20)21)18(4)8-10-5-6-11(13)14-7-10/h5-7H,8H2,1-4H3. The monoisotopic (exact) mass is 312 g/mol. The molecule has 114 valence electrons. The molecule has 0 N–H and O–H groups in total. The molecule has 0 aliphatic carbocycles. The van der Waals surface area contributed by atoms with Crippen molar-refractivity contribution >= 4 is 23.4 Å². The van der Waals surface area contributed by atoms with Crippen molar-refractivity contribution in [1.82, 2.24) is 14.8 Å². The lowest BCUT2D eigenvalue weighted by Crippen LogP contribution is -2.29. The molecule has 0 spiro atoms. The number of hydrogen-bond donors (Lipinski definition) is 0. The van der Waals surface area contributed by atoms with Gasteiger partial charge in [0.05, 0.1) is 0 Å². The first-order valence-electron chi connectivity index (χ1n) is 6.06. The van der Waals surface area contributed by atoms with Gasteiger partial charge in [0, 0.05) is 33.9 Å². The Balaban J connectivity index is 2.96. The van der Waals surface area contributed by atoms with Crippen LogP contribution in [0.3, 0.4) is 0 Å². The number of hydrogen-bond acceptors (Lipinski definition) is 3. The summed E-state index contributed by atoms with van der Waals surface area (Å²) in [5, 5.41) is 13.6. The third-order valence-corrected chi connectivity index (χ3v) is 2.85. The van der Waals surface area contributed by atoms with E-state index in [1.165, 1.54) is 0 Å². The van der Waals surface area contributed by atoms with E-state index in [9.17, 15) is 10.1 Å². The molecule has 1 rings (SSSR count). The molecule has 0 amide bonds. The fraction of sp³-hybridized carbons (Fsp3) is 0.417. The number of nitrogens with zero attached hydrogens (tertiary/aromatic N) is 6. The summed E-state index contributed by atoms with van der Waals surface area (Å²) in [5.41, 5.74) is 0.843. The van der Waals surface area contributed by atoms with Gasteiger partial charge < -0.3 is 9.80 Å². The number of halogens is 1. The molecule has 0 bridgehead atoms. The number of nitro groups is 1. The molecule has 0 aromatic carbocycles. The summed E-state index contributed by atoms with van der Waals surface area (Å²) in [6, 6.07) is 3.45. The lowest BCUT2D eigenvalue weighted by molar-refractivity contribution is -0.485. The molecular weight excluding hydrogens is 296 g/mol. The quantitative estimate of drug-likeness (QED) is 0.279. The molecule has 0 aliphatic heterocycles. The van der Waals surface area contributed by atoms with Gasteiger partial charge in [0.2, 0.25) is 0 Å². The molecule has 0 saturated carbocycles. The van der Waals surface area contributed by atoms with Gasteiger partial charge in [-0.05, 0) is 18.6 Å². The van der Waals surface area contributed by atoms with E-state index in [-0.39, 0.29) is 5.96 Å². The molecule has 9 heteroatoms. The maximum absolute atomic E-state index is 10.6. The second-order valence-electron chi connectivity index (χ2n) is 4.54. The van der Waals surface area contributed by atoms with E-state index in [0.717, 1.165) is 5.56 Å². The first-order valence-corrected chi connectivity index (χ1v) is 6.44. The highest BCUT2D eigenvalue weighted by Gasteiger charge is 2.12. The number of aliphatic imine (C=N–C) groups is 1. The minimum absolute atomic E-state index is 0.0150. The van der Waals surface area contributed by atoms with Gasteiger partial charge in [0.25, 0.3) is 5.96 Å². The normalized spacial score (nSPS) is 12.2. The highest BCUT2D eigenvalue weighted by molar-refractivity contribution is 6.29. The smallest absolute Gasteiger partial charge is 0.299 e. The Morgan fingerprint density at radius 1 is 1.43 bits per heavy atom. The van der Waals surface area contributed by atoms with Crippen molar-refractivity contribution in [2.45, 2.75) is 13.5 Å². The van der Waals surface area contributed by atoms with E-state index >= 15 is 0 Å². The first kappa shape index (κ1) is 16.8. The van der Waals surface area contributed by atoms with Gasteiger partial charge in [-0.1, -0.05) is 17.7 Å². The van der Waals surface area contributed by atoms with Crippen LogP contribution in [0.15, 0.2) is 28.4 Å². The highest BCUT2D eigenvalue weighted by Crippen LogP contribution is 2.08. The zero-order valence-electron chi connectivity index (χ0n) is 12.3. The Morgan fingerprint density at radius 3 is 2.57 bits per heavy atom. The summed E-state index contributed by atoms with van der Waals surface area (Å²) in [4.78, 5) is 22.1. The van der Waals surface area contributed by atoms with Crippen molar-refractivity contribution in [3.05, 3.63) is 39.2 Å². The van der Waals surface area contributed by atoms with E-state index in [1.807, 2.05) is 0 Å². The van der Waals surface area contributed by atoms with Crippen molar-refractivity contribution in [3.63, 3.8) is 0 Å². The lowest BCUT2D eigenvalue weighted by atomic mass is 10.3. The van der Waals surface area contributed by atoms with Crippen LogP contribution in [-0.4, -0.2) is 52.8 Å². The topological polar surface area (TPSA) is 87.2 Å². The zero-order valence-corrected chi connectivity index (χ0v) is 13.1. The van der Waals surface area contributed by atoms with Crippen molar-refractivity contribution in [3.8, 4) is 0 Å². The van der Waals surface area contributed by atoms with Crippen LogP contribution in [0, 0.1) is 10.1 Å². The van der Waals surface area contributed by atoms with E-state index in [2.05, 4.69) is 15.1 Å². The van der Waals surface area contributed by atoms with Gasteiger partial charge in [-0.2, -0.15) is 4.99 Å². The van der Waals surface area contributed by atoms with Gasteiger partial charge in [-0.25, -0.2) is 15.1 Å². The minimum atomic E-state index is -0.765. The number of hydrazone groups is 1. The predicted molar refractivity (Wildman–Crippen MR) is 81.9 cm³/mol. The molecule has 0 fully saturated rings. The minimum Gasteiger partial charge on any atom is -0.366 e. The van der Waals surface area contributed by atoms with Crippen LogP contribution in [-0.2, 0) is 6.54 Å². The molecule has 21 heavy (non-hydrogen) atoms. The summed E-state index contributed by atoms with van der Waals surface area (Å²) in [6.07, 6.45) is 1.60. The molecule has 1 heterocycles. The molecular formula is C12H17ClN6O2. The van der Waals surface area contributed by atoms with Crippen LogP contribution in [0.25, 0.3) is 0 Å². The molecule has 8 nitrogen and oxygen atoms in total. The number of aromatic nitrogens is 1. The molecule has 0 unspecified atom stereocenters. The fourth-order valence-corrected chi connectivity index (χ4v) is 1.46. The van der Waals surface area contributed by atoms with E-state index in [4.69, 9.17) is 11.6 Å². The Bertz CT molecular complexity index is 555. The average Bonchev–Trinajstić information content (AvgIpc) is 2.39. The molecule has 1 aromatic rings. The summed E-state index contributed by atoms with van der Waals surface area (Å²) in [7, 11) is 5.26. The SMILES string of the molecule is CC(=NC(=N[N+](=O)[O-])N(C)Cc1ccc(Cl)nc1)N(C)C. The van der Waals surface area contributed by atoms with Gasteiger partial charge >= 0.3 is 0 Å². The highest BCUT2D eigenvalue weighted by atomic mass is 35.5. The van der Waals surface area contributed by atoms with E-state index in [1.54, 1.807) is 56.2 Å². The molecule has 1 aromatic heterocycles. The Labute approximate surface area is 127 Å². The Hall–Kier alpha value is -2.22. The second kappa shape index (κ2) is 7.53.